The molecule has 2 heterocycles. The van der Waals surface area contributed by atoms with Gasteiger partial charge in [-0.3, -0.25) is 14.5 Å². The van der Waals surface area contributed by atoms with Crippen molar-refractivity contribution in [3.8, 4) is 5.75 Å². The van der Waals surface area contributed by atoms with Gasteiger partial charge in [0.05, 0.1) is 18.2 Å². The number of phenolic OH excluding ortho intramolecular Hbond substituents is 1. The summed E-state index contributed by atoms with van der Waals surface area (Å²) in [6.07, 6.45) is 4.92. The van der Waals surface area contributed by atoms with Crippen LogP contribution in [-0.2, 0) is 9.59 Å². The highest BCUT2D eigenvalue weighted by Gasteiger charge is 2.43. The first kappa shape index (κ1) is 16.0. The molecule has 1 aromatic rings. The molecule has 0 aliphatic carbocycles. The van der Waals surface area contributed by atoms with Crippen molar-refractivity contribution in [1.29, 1.82) is 0 Å². The molecule has 0 aromatic heterocycles. The van der Waals surface area contributed by atoms with Crippen LogP contribution in [0.15, 0.2) is 24.3 Å². The van der Waals surface area contributed by atoms with Gasteiger partial charge in [0.1, 0.15) is 5.75 Å². The summed E-state index contributed by atoms with van der Waals surface area (Å²) < 4.78 is 0. The van der Waals surface area contributed by atoms with E-state index in [9.17, 15) is 14.7 Å². The summed E-state index contributed by atoms with van der Waals surface area (Å²) in [6, 6.07) is 5.99. The molecular formula is C18H24N2O3. The molecule has 3 rings (SSSR count). The summed E-state index contributed by atoms with van der Waals surface area (Å²) in [5, 5.41) is 9.58. The Balaban J connectivity index is 1.70. The molecule has 1 N–H and O–H groups in total. The number of imide groups is 1. The third kappa shape index (κ3) is 3.24. The molecule has 2 saturated heterocycles. The molecule has 0 saturated carbocycles. The molecule has 1 atom stereocenters. The molecule has 2 aliphatic rings. The molecule has 23 heavy (non-hydrogen) atoms. The lowest BCUT2D eigenvalue weighted by Gasteiger charge is -2.34. The molecule has 0 bridgehead atoms. The van der Waals surface area contributed by atoms with Crippen LogP contribution in [0.1, 0.15) is 39.0 Å². The van der Waals surface area contributed by atoms with Crippen molar-refractivity contribution in [3.63, 3.8) is 0 Å². The Hall–Kier alpha value is -1.88. The standard InChI is InChI=1S/C18H24N2O3/c1-2-4-13-7-9-19(10-8-13)16-12-17(22)20(18(16)23)14-5-3-6-15(21)11-14/h3,5-6,11,13,16,21H,2,4,7-10,12H2,1H3/t16-/m1/s1. The Bertz CT molecular complexity index is 594. The van der Waals surface area contributed by atoms with E-state index in [1.807, 2.05) is 0 Å². The van der Waals surface area contributed by atoms with E-state index < -0.39 is 0 Å². The van der Waals surface area contributed by atoms with Gasteiger partial charge < -0.3 is 5.11 Å². The van der Waals surface area contributed by atoms with Crippen LogP contribution in [-0.4, -0.2) is 41.0 Å². The highest BCUT2D eigenvalue weighted by Crippen LogP contribution is 2.30. The van der Waals surface area contributed by atoms with Crippen LogP contribution < -0.4 is 4.90 Å². The van der Waals surface area contributed by atoms with Gasteiger partial charge in [-0.25, -0.2) is 4.90 Å². The Morgan fingerprint density at radius 3 is 2.61 bits per heavy atom. The van der Waals surface area contributed by atoms with Crippen LogP contribution in [0.2, 0.25) is 0 Å². The number of piperidine rings is 1. The molecule has 2 fully saturated rings. The lowest BCUT2D eigenvalue weighted by molar-refractivity contribution is -0.123. The first-order valence-electron chi connectivity index (χ1n) is 8.50. The van der Waals surface area contributed by atoms with Gasteiger partial charge in [0.25, 0.3) is 5.91 Å². The number of rotatable bonds is 4. The summed E-state index contributed by atoms with van der Waals surface area (Å²) in [4.78, 5) is 28.4. The Morgan fingerprint density at radius 1 is 1.22 bits per heavy atom. The first-order chi connectivity index (χ1) is 11.1. The molecule has 0 unspecified atom stereocenters. The van der Waals surface area contributed by atoms with Crippen LogP contribution in [0.25, 0.3) is 0 Å². The molecule has 5 heteroatoms. The zero-order chi connectivity index (χ0) is 16.4. The van der Waals surface area contributed by atoms with Crippen molar-refractivity contribution in [2.24, 2.45) is 5.92 Å². The van der Waals surface area contributed by atoms with Crippen molar-refractivity contribution in [2.45, 2.75) is 45.1 Å². The van der Waals surface area contributed by atoms with E-state index in [0.717, 1.165) is 31.8 Å². The van der Waals surface area contributed by atoms with E-state index in [2.05, 4.69) is 11.8 Å². The Kier molecular flexibility index (Phi) is 4.66. The Labute approximate surface area is 136 Å². The summed E-state index contributed by atoms with van der Waals surface area (Å²) in [7, 11) is 0. The number of carbonyl (C=O) groups excluding carboxylic acids is 2. The minimum absolute atomic E-state index is 0.0620. The topological polar surface area (TPSA) is 60.9 Å². The molecule has 0 spiro atoms. The smallest absolute Gasteiger partial charge is 0.251 e. The second-order valence-electron chi connectivity index (χ2n) is 6.58. The zero-order valence-electron chi connectivity index (χ0n) is 13.6. The molecule has 2 aliphatic heterocycles. The van der Waals surface area contributed by atoms with Gasteiger partial charge in [-0.05, 0) is 44.0 Å². The second kappa shape index (κ2) is 6.71. The number of amides is 2. The number of hydrogen-bond acceptors (Lipinski definition) is 4. The minimum Gasteiger partial charge on any atom is -0.508 e. The van der Waals surface area contributed by atoms with Gasteiger partial charge in [0.15, 0.2) is 0 Å². The van der Waals surface area contributed by atoms with E-state index in [1.165, 1.54) is 29.9 Å². The van der Waals surface area contributed by atoms with Crippen molar-refractivity contribution in [1.82, 2.24) is 4.90 Å². The monoisotopic (exact) mass is 316 g/mol. The SMILES string of the molecule is CCCC1CCN([C@@H]2CC(=O)N(c3cccc(O)c3)C2=O)CC1. The molecule has 0 radical (unpaired) electrons. The van der Waals surface area contributed by atoms with E-state index in [4.69, 9.17) is 0 Å². The predicted octanol–water partition coefficient (Wildman–Crippen LogP) is 2.54. The molecule has 124 valence electrons. The number of likely N-dealkylation sites (tertiary alicyclic amines) is 1. The summed E-state index contributed by atoms with van der Waals surface area (Å²) in [5.41, 5.74) is 0.461. The summed E-state index contributed by atoms with van der Waals surface area (Å²) in [6.45, 7) is 3.99. The number of anilines is 1. The minimum atomic E-state index is -0.340. The van der Waals surface area contributed by atoms with E-state index in [0.29, 0.717) is 5.69 Å². The maximum Gasteiger partial charge on any atom is 0.251 e. The van der Waals surface area contributed by atoms with Crippen molar-refractivity contribution in [2.75, 3.05) is 18.0 Å². The Morgan fingerprint density at radius 2 is 1.96 bits per heavy atom. The van der Waals surface area contributed by atoms with Gasteiger partial charge in [-0.2, -0.15) is 0 Å². The largest absolute Gasteiger partial charge is 0.508 e. The maximum atomic E-state index is 12.7. The quantitative estimate of drug-likeness (QED) is 0.867. The second-order valence-corrected chi connectivity index (χ2v) is 6.58. The number of phenols is 1. The lowest BCUT2D eigenvalue weighted by Crippen LogP contribution is -2.46. The predicted molar refractivity (Wildman–Crippen MR) is 88.2 cm³/mol. The van der Waals surface area contributed by atoms with Gasteiger partial charge in [-0.1, -0.05) is 25.8 Å². The third-order valence-electron chi connectivity index (χ3n) is 5.00. The molecule has 1 aromatic carbocycles. The number of carbonyl (C=O) groups is 2. The maximum absolute atomic E-state index is 12.7. The number of aromatic hydroxyl groups is 1. The number of hydrogen-bond donors (Lipinski definition) is 1. The molecular weight excluding hydrogens is 292 g/mol. The average molecular weight is 316 g/mol. The van der Waals surface area contributed by atoms with E-state index in [1.54, 1.807) is 12.1 Å². The fourth-order valence-corrected chi connectivity index (χ4v) is 3.77. The van der Waals surface area contributed by atoms with E-state index in [-0.39, 0.29) is 30.0 Å². The highest BCUT2D eigenvalue weighted by molar-refractivity contribution is 6.22. The highest BCUT2D eigenvalue weighted by atomic mass is 16.3. The number of nitrogens with zero attached hydrogens (tertiary/aromatic N) is 2. The van der Waals surface area contributed by atoms with Crippen LogP contribution in [0, 0.1) is 5.92 Å². The van der Waals surface area contributed by atoms with Gasteiger partial charge in [0.2, 0.25) is 5.91 Å². The number of benzene rings is 1. The van der Waals surface area contributed by atoms with Crippen LogP contribution in [0.5, 0.6) is 5.75 Å². The van der Waals surface area contributed by atoms with Crippen LogP contribution >= 0.6 is 0 Å². The van der Waals surface area contributed by atoms with Crippen molar-refractivity contribution >= 4 is 17.5 Å². The van der Waals surface area contributed by atoms with Gasteiger partial charge in [-0.15, -0.1) is 0 Å². The van der Waals surface area contributed by atoms with Gasteiger partial charge in [0, 0.05) is 6.07 Å². The third-order valence-corrected chi connectivity index (χ3v) is 5.00. The van der Waals surface area contributed by atoms with Gasteiger partial charge >= 0.3 is 0 Å². The molecule has 5 nitrogen and oxygen atoms in total. The lowest BCUT2D eigenvalue weighted by atomic mass is 9.91. The van der Waals surface area contributed by atoms with E-state index >= 15 is 0 Å². The van der Waals surface area contributed by atoms with Crippen LogP contribution in [0.4, 0.5) is 5.69 Å². The van der Waals surface area contributed by atoms with Crippen molar-refractivity contribution in [3.05, 3.63) is 24.3 Å². The fraction of sp³-hybridized carbons (Fsp3) is 0.556. The summed E-state index contributed by atoms with van der Waals surface area (Å²) >= 11 is 0. The summed E-state index contributed by atoms with van der Waals surface area (Å²) in [5.74, 6) is 0.480. The zero-order valence-corrected chi connectivity index (χ0v) is 13.6. The fourth-order valence-electron chi connectivity index (χ4n) is 3.77. The molecule has 2 amide bonds. The normalized spacial score (nSPS) is 23.7. The first-order valence-corrected chi connectivity index (χ1v) is 8.50. The average Bonchev–Trinajstić information content (AvgIpc) is 2.83. The van der Waals surface area contributed by atoms with Crippen LogP contribution in [0.3, 0.4) is 0 Å². The van der Waals surface area contributed by atoms with Crippen molar-refractivity contribution < 1.29 is 14.7 Å².